The van der Waals surface area contributed by atoms with Crippen LogP contribution in [0, 0.1) is 5.92 Å². The normalized spacial score (nSPS) is 24.4. The Kier molecular flexibility index (Phi) is 5.90. The molecule has 1 unspecified atom stereocenters. The van der Waals surface area contributed by atoms with Crippen LogP contribution in [0.2, 0.25) is 0 Å². The van der Waals surface area contributed by atoms with Crippen LogP contribution in [0.3, 0.4) is 0 Å². The maximum Gasteiger partial charge on any atom is 0.119 e. The smallest absolute Gasteiger partial charge is 0.119 e. The van der Waals surface area contributed by atoms with Gasteiger partial charge in [-0.15, -0.1) is 0 Å². The van der Waals surface area contributed by atoms with Crippen LogP contribution in [0.5, 0.6) is 5.75 Å². The van der Waals surface area contributed by atoms with E-state index >= 15 is 0 Å². The molecule has 1 aliphatic rings. The summed E-state index contributed by atoms with van der Waals surface area (Å²) >= 11 is 0. The third-order valence-corrected chi connectivity index (χ3v) is 4.49. The molecule has 0 heterocycles. The van der Waals surface area contributed by atoms with Crippen molar-refractivity contribution >= 4 is 0 Å². The SMILES string of the molecule is CCC1CCC(Oc2ccc(CCC(C)N)cc2)CC1. The minimum atomic E-state index is 0.277. The Morgan fingerprint density at radius 2 is 1.80 bits per heavy atom. The van der Waals surface area contributed by atoms with Gasteiger partial charge in [0.2, 0.25) is 0 Å². The molecule has 2 nitrogen and oxygen atoms in total. The first kappa shape index (κ1) is 15.4. The highest BCUT2D eigenvalue weighted by Crippen LogP contribution is 2.29. The van der Waals surface area contributed by atoms with E-state index < -0.39 is 0 Å². The fourth-order valence-electron chi connectivity index (χ4n) is 2.98. The molecule has 1 atom stereocenters. The lowest BCUT2D eigenvalue weighted by Gasteiger charge is -2.28. The molecule has 2 heteroatoms. The summed E-state index contributed by atoms with van der Waals surface area (Å²) in [5, 5.41) is 0. The average Bonchev–Trinajstić information content (AvgIpc) is 2.47. The van der Waals surface area contributed by atoms with Crippen LogP contribution < -0.4 is 10.5 Å². The molecule has 0 bridgehead atoms. The molecule has 0 radical (unpaired) electrons. The summed E-state index contributed by atoms with van der Waals surface area (Å²) in [6, 6.07) is 8.86. The first-order chi connectivity index (χ1) is 9.67. The zero-order valence-electron chi connectivity index (χ0n) is 13.0. The van der Waals surface area contributed by atoms with Gasteiger partial charge in [0.15, 0.2) is 0 Å². The largest absolute Gasteiger partial charge is 0.490 e. The van der Waals surface area contributed by atoms with E-state index in [0.717, 1.165) is 24.5 Å². The van der Waals surface area contributed by atoms with E-state index in [1.807, 2.05) is 0 Å². The van der Waals surface area contributed by atoms with Crippen LogP contribution in [0.1, 0.15) is 57.9 Å². The van der Waals surface area contributed by atoms with Crippen LogP contribution in [-0.4, -0.2) is 12.1 Å². The van der Waals surface area contributed by atoms with Crippen molar-refractivity contribution in [3.63, 3.8) is 0 Å². The van der Waals surface area contributed by atoms with Crippen molar-refractivity contribution in [1.29, 1.82) is 0 Å². The van der Waals surface area contributed by atoms with E-state index in [9.17, 15) is 0 Å². The summed E-state index contributed by atoms with van der Waals surface area (Å²) < 4.78 is 6.10. The molecule has 0 aliphatic heterocycles. The summed E-state index contributed by atoms with van der Waals surface area (Å²) in [6.07, 6.45) is 8.92. The summed E-state index contributed by atoms with van der Waals surface area (Å²) in [5.41, 5.74) is 7.14. The second-order valence-corrected chi connectivity index (χ2v) is 6.33. The molecule has 2 rings (SSSR count). The topological polar surface area (TPSA) is 35.2 Å². The van der Waals surface area contributed by atoms with Crippen molar-refractivity contribution < 1.29 is 4.74 Å². The monoisotopic (exact) mass is 275 g/mol. The fraction of sp³-hybridized carbons (Fsp3) is 0.667. The Balaban J connectivity index is 1.79. The van der Waals surface area contributed by atoms with Crippen LogP contribution >= 0.6 is 0 Å². The lowest BCUT2D eigenvalue weighted by Crippen LogP contribution is -2.23. The van der Waals surface area contributed by atoms with E-state index in [0.29, 0.717) is 6.10 Å². The summed E-state index contributed by atoms with van der Waals surface area (Å²) in [5.74, 6) is 1.95. The molecule has 1 aromatic rings. The Labute approximate surface area is 123 Å². The molecule has 1 fully saturated rings. The molecule has 1 saturated carbocycles. The minimum absolute atomic E-state index is 0.277. The highest BCUT2D eigenvalue weighted by Gasteiger charge is 2.21. The zero-order valence-corrected chi connectivity index (χ0v) is 13.0. The van der Waals surface area contributed by atoms with Gasteiger partial charge in [-0.25, -0.2) is 0 Å². The molecule has 0 spiro atoms. The fourth-order valence-corrected chi connectivity index (χ4v) is 2.98. The van der Waals surface area contributed by atoms with E-state index in [4.69, 9.17) is 10.5 Å². The van der Waals surface area contributed by atoms with Crippen molar-refractivity contribution in [2.45, 2.75) is 70.9 Å². The van der Waals surface area contributed by atoms with Gasteiger partial charge in [0, 0.05) is 6.04 Å². The standard InChI is InChI=1S/C18H29NO/c1-3-15-6-10-17(11-7-15)20-18-12-8-16(9-13-18)5-4-14(2)19/h8-9,12-15,17H,3-7,10-11,19H2,1-2H3. The van der Waals surface area contributed by atoms with Crippen LogP contribution in [0.4, 0.5) is 0 Å². The second-order valence-electron chi connectivity index (χ2n) is 6.33. The van der Waals surface area contributed by atoms with E-state index in [-0.39, 0.29) is 6.04 Å². The summed E-state index contributed by atoms with van der Waals surface area (Å²) in [7, 11) is 0. The molecular formula is C18H29NO. The summed E-state index contributed by atoms with van der Waals surface area (Å²) in [6.45, 7) is 4.36. The molecule has 0 amide bonds. The molecule has 1 aliphatic carbocycles. The lowest BCUT2D eigenvalue weighted by molar-refractivity contribution is 0.130. The Hall–Kier alpha value is -1.02. The molecule has 2 N–H and O–H groups in total. The lowest BCUT2D eigenvalue weighted by atomic mass is 9.86. The molecule has 0 aromatic heterocycles. The highest BCUT2D eigenvalue weighted by atomic mass is 16.5. The number of hydrogen-bond acceptors (Lipinski definition) is 2. The maximum atomic E-state index is 6.10. The van der Waals surface area contributed by atoms with Crippen LogP contribution in [0.25, 0.3) is 0 Å². The predicted octanol–water partition coefficient (Wildman–Crippen LogP) is 4.31. The van der Waals surface area contributed by atoms with Crippen molar-refractivity contribution in [1.82, 2.24) is 0 Å². The second kappa shape index (κ2) is 7.68. The number of hydrogen-bond donors (Lipinski definition) is 1. The third kappa shape index (κ3) is 4.82. The van der Waals surface area contributed by atoms with Gasteiger partial charge < -0.3 is 10.5 Å². The average molecular weight is 275 g/mol. The zero-order chi connectivity index (χ0) is 14.4. The van der Waals surface area contributed by atoms with Crippen molar-refractivity contribution in [2.75, 3.05) is 0 Å². The van der Waals surface area contributed by atoms with Gasteiger partial charge in [-0.1, -0.05) is 25.5 Å². The van der Waals surface area contributed by atoms with Crippen molar-refractivity contribution in [3.05, 3.63) is 29.8 Å². The Morgan fingerprint density at radius 1 is 1.15 bits per heavy atom. The molecule has 1 aromatic carbocycles. The number of benzene rings is 1. The predicted molar refractivity (Wildman–Crippen MR) is 85.1 cm³/mol. The van der Waals surface area contributed by atoms with Gasteiger partial charge in [-0.3, -0.25) is 0 Å². The third-order valence-electron chi connectivity index (χ3n) is 4.49. The number of rotatable bonds is 6. The van der Waals surface area contributed by atoms with Gasteiger partial charge in [0.05, 0.1) is 6.10 Å². The van der Waals surface area contributed by atoms with Gasteiger partial charge in [-0.2, -0.15) is 0 Å². The maximum absolute atomic E-state index is 6.10. The molecule has 20 heavy (non-hydrogen) atoms. The van der Waals surface area contributed by atoms with Gasteiger partial charge in [0.25, 0.3) is 0 Å². The van der Waals surface area contributed by atoms with E-state index in [1.165, 1.54) is 37.7 Å². The number of nitrogens with two attached hydrogens (primary N) is 1. The van der Waals surface area contributed by atoms with Crippen LogP contribution in [0.15, 0.2) is 24.3 Å². The van der Waals surface area contributed by atoms with Crippen LogP contribution in [-0.2, 0) is 6.42 Å². The Bertz CT molecular complexity index is 377. The highest BCUT2D eigenvalue weighted by molar-refractivity contribution is 5.27. The van der Waals surface area contributed by atoms with Gasteiger partial charge >= 0.3 is 0 Å². The molecule has 112 valence electrons. The van der Waals surface area contributed by atoms with E-state index in [2.05, 4.69) is 38.1 Å². The Morgan fingerprint density at radius 3 is 2.35 bits per heavy atom. The first-order valence-corrected chi connectivity index (χ1v) is 8.18. The van der Waals surface area contributed by atoms with E-state index in [1.54, 1.807) is 0 Å². The van der Waals surface area contributed by atoms with Gasteiger partial charge in [0.1, 0.15) is 5.75 Å². The van der Waals surface area contributed by atoms with Crippen molar-refractivity contribution in [2.24, 2.45) is 11.7 Å². The number of ether oxygens (including phenoxy) is 1. The first-order valence-electron chi connectivity index (χ1n) is 8.18. The van der Waals surface area contributed by atoms with Gasteiger partial charge in [-0.05, 0) is 69.1 Å². The number of aryl methyl sites for hydroxylation is 1. The molecular weight excluding hydrogens is 246 g/mol. The summed E-state index contributed by atoms with van der Waals surface area (Å²) in [4.78, 5) is 0. The molecule has 0 saturated heterocycles. The van der Waals surface area contributed by atoms with Crippen molar-refractivity contribution in [3.8, 4) is 5.75 Å². The quantitative estimate of drug-likeness (QED) is 0.839. The minimum Gasteiger partial charge on any atom is -0.490 e.